The minimum atomic E-state index is -0.680. The zero-order valence-corrected chi connectivity index (χ0v) is 10.5. The van der Waals surface area contributed by atoms with E-state index in [9.17, 15) is 9.59 Å². The van der Waals surface area contributed by atoms with Crippen LogP contribution < -0.4 is 5.32 Å². The van der Waals surface area contributed by atoms with E-state index in [-0.39, 0.29) is 5.91 Å². The summed E-state index contributed by atoms with van der Waals surface area (Å²) in [7, 11) is 1.29. The second-order valence-electron chi connectivity index (χ2n) is 3.36. The number of methoxy groups -OCH3 is 1. The van der Waals surface area contributed by atoms with Crippen molar-refractivity contribution in [3.05, 3.63) is 18.2 Å². The first-order chi connectivity index (χ1) is 8.17. The van der Waals surface area contributed by atoms with Gasteiger partial charge >= 0.3 is 5.97 Å². The highest BCUT2D eigenvalue weighted by Gasteiger charge is 2.22. The van der Waals surface area contributed by atoms with Crippen LogP contribution in [-0.2, 0) is 20.7 Å². The van der Waals surface area contributed by atoms with E-state index in [0.29, 0.717) is 12.2 Å². The van der Waals surface area contributed by atoms with Gasteiger partial charge in [-0.25, -0.2) is 9.78 Å². The number of hydrogen-bond acceptors (Lipinski definition) is 5. The molecule has 0 unspecified atom stereocenters. The summed E-state index contributed by atoms with van der Waals surface area (Å²) in [5.74, 6) is -0.335. The molecule has 2 N–H and O–H groups in total. The fourth-order valence-corrected chi connectivity index (χ4v) is 1.66. The largest absolute Gasteiger partial charge is 0.467 e. The average molecular weight is 257 g/mol. The normalized spacial score (nSPS) is 11.9. The van der Waals surface area contributed by atoms with Crippen molar-refractivity contribution in [3.8, 4) is 0 Å². The van der Waals surface area contributed by atoms with Crippen LogP contribution in [0, 0.1) is 0 Å². The summed E-state index contributed by atoms with van der Waals surface area (Å²) >= 11 is 1.39. The standard InChI is InChI=1S/C10H15N3O3S/c1-16-10(15)8(13-9(14)5-17-2)3-7-4-11-6-12-7/h4,6,8H,3,5H2,1-2H3,(H,11,12)(H,13,14)/t8-/m0/s1. The molecule has 6 nitrogen and oxygen atoms in total. The van der Waals surface area contributed by atoms with E-state index in [0.717, 1.165) is 5.69 Å². The van der Waals surface area contributed by atoms with Gasteiger partial charge in [-0.15, -0.1) is 0 Å². The fourth-order valence-electron chi connectivity index (χ4n) is 1.32. The maximum atomic E-state index is 11.5. The molecular formula is C10H15N3O3S. The molecule has 0 spiro atoms. The van der Waals surface area contributed by atoms with Gasteiger partial charge in [-0.3, -0.25) is 4.79 Å². The van der Waals surface area contributed by atoms with Crippen molar-refractivity contribution >= 4 is 23.6 Å². The molecular weight excluding hydrogens is 242 g/mol. The molecule has 7 heteroatoms. The van der Waals surface area contributed by atoms with E-state index in [1.165, 1.54) is 25.2 Å². The minimum Gasteiger partial charge on any atom is -0.467 e. The Hall–Kier alpha value is -1.50. The van der Waals surface area contributed by atoms with Crippen molar-refractivity contribution in [1.29, 1.82) is 0 Å². The summed E-state index contributed by atoms with van der Waals surface area (Å²) in [6.45, 7) is 0. The average Bonchev–Trinajstić information content (AvgIpc) is 2.80. The summed E-state index contributed by atoms with van der Waals surface area (Å²) < 4.78 is 4.65. The molecule has 0 aliphatic heterocycles. The van der Waals surface area contributed by atoms with Gasteiger partial charge in [0, 0.05) is 18.3 Å². The highest BCUT2D eigenvalue weighted by Crippen LogP contribution is 2.01. The Bertz CT molecular complexity index is 367. The molecule has 1 amide bonds. The molecule has 1 aromatic rings. The SMILES string of the molecule is COC(=O)[C@H](Cc1cnc[nH]1)NC(=O)CSC. The Balaban J connectivity index is 2.60. The van der Waals surface area contributed by atoms with E-state index < -0.39 is 12.0 Å². The lowest BCUT2D eigenvalue weighted by Crippen LogP contribution is -2.43. The minimum absolute atomic E-state index is 0.188. The molecule has 1 heterocycles. The predicted molar refractivity (Wildman–Crippen MR) is 64.6 cm³/mol. The molecule has 0 saturated heterocycles. The molecule has 0 saturated carbocycles. The van der Waals surface area contributed by atoms with Crippen molar-refractivity contribution in [2.75, 3.05) is 19.1 Å². The van der Waals surface area contributed by atoms with E-state index >= 15 is 0 Å². The summed E-state index contributed by atoms with van der Waals surface area (Å²) in [4.78, 5) is 29.7. The molecule has 0 bridgehead atoms. The summed E-state index contributed by atoms with van der Waals surface area (Å²) in [5, 5.41) is 2.62. The van der Waals surface area contributed by atoms with E-state index in [4.69, 9.17) is 0 Å². The maximum Gasteiger partial charge on any atom is 0.328 e. The number of ether oxygens (including phenoxy) is 1. The number of carbonyl (C=O) groups excluding carboxylic acids is 2. The molecule has 1 aromatic heterocycles. The number of carbonyl (C=O) groups is 2. The van der Waals surface area contributed by atoms with E-state index in [1.54, 1.807) is 6.20 Å². The van der Waals surface area contributed by atoms with Crippen LogP contribution in [0.2, 0.25) is 0 Å². The van der Waals surface area contributed by atoms with Gasteiger partial charge in [-0.2, -0.15) is 11.8 Å². The number of amides is 1. The van der Waals surface area contributed by atoms with Crippen molar-refractivity contribution in [2.24, 2.45) is 0 Å². The van der Waals surface area contributed by atoms with Crippen LogP contribution in [0.4, 0.5) is 0 Å². The molecule has 1 atom stereocenters. The Labute approximate surface area is 104 Å². The third-order valence-electron chi connectivity index (χ3n) is 2.08. The first-order valence-corrected chi connectivity index (χ1v) is 6.40. The van der Waals surface area contributed by atoms with Crippen molar-refractivity contribution in [2.45, 2.75) is 12.5 Å². The number of nitrogens with one attached hydrogen (secondary N) is 2. The molecule has 0 aromatic carbocycles. The third-order valence-corrected chi connectivity index (χ3v) is 2.63. The lowest BCUT2D eigenvalue weighted by atomic mass is 10.1. The number of aromatic amines is 1. The predicted octanol–water partition coefficient (Wildman–Crippen LogP) is -0.0270. The van der Waals surface area contributed by atoms with Crippen molar-refractivity contribution in [1.82, 2.24) is 15.3 Å². The van der Waals surface area contributed by atoms with Gasteiger partial charge in [0.25, 0.3) is 0 Å². The maximum absolute atomic E-state index is 11.5. The van der Waals surface area contributed by atoms with Crippen LogP contribution in [0.5, 0.6) is 0 Å². The van der Waals surface area contributed by atoms with Gasteiger partial charge < -0.3 is 15.0 Å². The van der Waals surface area contributed by atoms with Gasteiger partial charge in [0.1, 0.15) is 6.04 Å². The Morgan fingerprint density at radius 3 is 2.94 bits per heavy atom. The number of nitrogens with zero attached hydrogens (tertiary/aromatic N) is 1. The summed E-state index contributed by atoms with van der Waals surface area (Å²) in [5.41, 5.74) is 0.768. The highest BCUT2D eigenvalue weighted by molar-refractivity contribution is 7.99. The van der Waals surface area contributed by atoms with Crippen LogP contribution in [0.15, 0.2) is 12.5 Å². The number of thioether (sulfide) groups is 1. The van der Waals surface area contributed by atoms with Gasteiger partial charge in [0.15, 0.2) is 0 Å². The molecule has 1 rings (SSSR count). The Morgan fingerprint density at radius 1 is 1.65 bits per heavy atom. The zero-order chi connectivity index (χ0) is 12.7. The highest BCUT2D eigenvalue weighted by atomic mass is 32.2. The van der Waals surface area contributed by atoms with E-state index in [1.807, 2.05) is 6.26 Å². The summed E-state index contributed by atoms with van der Waals surface area (Å²) in [6.07, 6.45) is 5.29. The first kappa shape index (κ1) is 13.6. The number of H-pyrrole nitrogens is 1. The van der Waals surface area contributed by atoms with Gasteiger partial charge in [-0.1, -0.05) is 0 Å². The Morgan fingerprint density at radius 2 is 2.41 bits per heavy atom. The quantitative estimate of drug-likeness (QED) is 0.699. The summed E-state index contributed by atoms with van der Waals surface area (Å²) in [6, 6.07) is -0.680. The van der Waals surface area contributed by atoms with Crippen LogP contribution >= 0.6 is 11.8 Å². The lowest BCUT2D eigenvalue weighted by molar-refractivity contribution is -0.144. The topological polar surface area (TPSA) is 84.1 Å². The number of hydrogen-bond donors (Lipinski definition) is 2. The molecule has 0 fully saturated rings. The third kappa shape index (κ3) is 4.48. The second kappa shape index (κ2) is 6.95. The molecule has 94 valence electrons. The molecule has 0 radical (unpaired) electrons. The number of imidazole rings is 1. The van der Waals surface area contributed by atoms with Gasteiger partial charge in [0.2, 0.25) is 5.91 Å². The molecule has 17 heavy (non-hydrogen) atoms. The fraction of sp³-hybridized carbons (Fsp3) is 0.500. The smallest absolute Gasteiger partial charge is 0.328 e. The van der Waals surface area contributed by atoms with Crippen LogP contribution in [-0.4, -0.2) is 47.0 Å². The zero-order valence-electron chi connectivity index (χ0n) is 9.73. The van der Waals surface area contributed by atoms with Crippen LogP contribution in [0.3, 0.4) is 0 Å². The number of aromatic nitrogens is 2. The second-order valence-corrected chi connectivity index (χ2v) is 4.22. The lowest BCUT2D eigenvalue weighted by Gasteiger charge is -2.15. The number of rotatable bonds is 6. The monoisotopic (exact) mass is 257 g/mol. The first-order valence-electron chi connectivity index (χ1n) is 5.00. The van der Waals surface area contributed by atoms with Gasteiger partial charge in [0.05, 0.1) is 19.2 Å². The van der Waals surface area contributed by atoms with Gasteiger partial charge in [-0.05, 0) is 6.26 Å². The van der Waals surface area contributed by atoms with E-state index in [2.05, 4.69) is 20.0 Å². The number of esters is 1. The molecule has 0 aliphatic carbocycles. The molecule has 0 aliphatic rings. The van der Waals surface area contributed by atoms with Crippen molar-refractivity contribution < 1.29 is 14.3 Å². The van der Waals surface area contributed by atoms with Crippen LogP contribution in [0.25, 0.3) is 0 Å². The van der Waals surface area contributed by atoms with Crippen LogP contribution in [0.1, 0.15) is 5.69 Å². The Kier molecular flexibility index (Phi) is 5.55. The van der Waals surface area contributed by atoms with Crippen molar-refractivity contribution in [3.63, 3.8) is 0 Å².